The molecule has 7 nitrogen and oxygen atoms in total. The number of thioether (sulfide) groups is 1. The van der Waals surface area contributed by atoms with Gasteiger partial charge in [-0.25, -0.2) is 0 Å². The number of para-hydroxylation sites is 1. The second kappa shape index (κ2) is 8.01. The van der Waals surface area contributed by atoms with E-state index in [9.17, 15) is 4.79 Å². The zero-order chi connectivity index (χ0) is 19.4. The molecule has 0 saturated heterocycles. The molecule has 0 radical (unpaired) electrons. The van der Waals surface area contributed by atoms with E-state index in [4.69, 9.17) is 15.1 Å². The van der Waals surface area contributed by atoms with Crippen LogP contribution in [0, 0.1) is 29.6 Å². The van der Waals surface area contributed by atoms with Gasteiger partial charge in [-0.2, -0.15) is 5.26 Å². The van der Waals surface area contributed by atoms with Crippen LogP contribution in [0.15, 0.2) is 52.2 Å². The van der Waals surface area contributed by atoms with E-state index in [0.717, 1.165) is 17.0 Å². The monoisotopic (exact) mass is 379 g/mol. The van der Waals surface area contributed by atoms with Crippen LogP contribution in [-0.2, 0) is 4.79 Å². The van der Waals surface area contributed by atoms with E-state index >= 15 is 0 Å². The lowest BCUT2D eigenvalue weighted by Crippen LogP contribution is -2.21. The Balaban J connectivity index is 1.96. The number of Topliss-reactive ketones (excluding diaryl/α,β-unsaturated/α-hetero) is 1. The van der Waals surface area contributed by atoms with Gasteiger partial charge in [-0.05, 0) is 32.0 Å². The Morgan fingerprint density at radius 2 is 2.07 bits per heavy atom. The number of aromatic nitrogens is 3. The standard InChI is InChI=1S/C19H17N5O2S/c1-12(21)16(10-20)17(25)11-27-19-23-22-18(15-8-9-26-13(15)2)24(19)14-6-4-3-5-7-14/h3-9,16,21H,11H2,1-2H3/t16-/m1/s1. The van der Waals surface area contributed by atoms with Crippen LogP contribution >= 0.6 is 11.8 Å². The molecule has 0 amide bonds. The number of nitrogens with zero attached hydrogens (tertiary/aromatic N) is 4. The normalized spacial score (nSPS) is 11.7. The van der Waals surface area contributed by atoms with Crippen molar-refractivity contribution >= 4 is 23.3 Å². The second-order valence-electron chi connectivity index (χ2n) is 5.87. The van der Waals surface area contributed by atoms with Crippen molar-refractivity contribution < 1.29 is 9.21 Å². The fraction of sp³-hybridized carbons (Fsp3) is 0.211. The van der Waals surface area contributed by atoms with E-state index in [2.05, 4.69) is 10.2 Å². The molecule has 0 fully saturated rings. The molecular formula is C19H17N5O2S. The number of ketones is 1. The number of rotatable bonds is 7. The van der Waals surface area contributed by atoms with E-state index in [1.807, 2.05) is 54.0 Å². The zero-order valence-corrected chi connectivity index (χ0v) is 15.7. The smallest absolute Gasteiger partial charge is 0.196 e. The van der Waals surface area contributed by atoms with E-state index < -0.39 is 5.92 Å². The molecule has 2 heterocycles. The van der Waals surface area contributed by atoms with Crippen LogP contribution in [0.1, 0.15) is 12.7 Å². The Hall–Kier alpha value is -3.18. The van der Waals surface area contributed by atoms with Crippen LogP contribution in [0.3, 0.4) is 0 Å². The molecule has 0 bridgehead atoms. The SMILES string of the molecule is CC(=N)[C@@H](C#N)C(=O)CSc1nnc(-c2ccoc2C)n1-c1ccccc1. The Labute approximate surface area is 160 Å². The third-order valence-electron chi connectivity index (χ3n) is 3.98. The molecule has 1 aromatic carbocycles. The summed E-state index contributed by atoms with van der Waals surface area (Å²) in [6, 6.07) is 13.3. The van der Waals surface area contributed by atoms with Gasteiger partial charge < -0.3 is 9.83 Å². The summed E-state index contributed by atoms with van der Waals surface area (Å²) in [5, 5.41) is 25.7. The lowest BCUT2D eigenvalue weighted by molar-refractivity contribution is -0.117. The average molecular weight is 379 g/mol. The first kappa shape index (κ1) is 18.6. The predicted octanol–water partition coefficient (Wildman–Crippen LogP) is 3.68. The van der Waals surface area contributed by atoms with Gasteiger partial charge in [0.25, 0.3) is 0 Å². The van der Waals surface area contributed by atoms with Crippen LogP contribution in [-0.4, -0.2) is 32.0 Å². The summed E-state index contributed by atoms with van der Waals surface area (Å²) >= 11 is 1.20. The van der Waals surface area contributed by atoms with Crippen LogP contribution in [0.25, 0.3) is 17.1 Å². The highest BCUT2D eigenvalue weighted by Gasteiger charge is 2.23. The van der Waals surface area contributed by atoms with Crippen molar-refractivity contribution in [2.75, 3.05) is 5.75 Å². The van der Waals surface area contributed by atoms with Gasteiger partial charge in [-0.1, -0.05) is 30.0 Å². The number of nitrogens with one attached hydrogen (secondary N) is 1. The molecule has 0 aliphatic heterocycles. The number of hydrogen-bond acceptors (Lipinski definition) is 7. The number of benzene rings is 1. The average Bonchev–Trinajstić information content (AvgIpc) is 3.26. The van der Waals surface area contributed by atoms with Crippen molar-refractivity contribution in [3.8, 4) is 23.1 Å². The van der Waals surface area contributed by atoms with Crippen LogP contribution < -0.4 is 0 Å². The molecule has 1 atom stereocenters. The van der Waals surface area contributed by atoms with Crippen molar-refractivity contribution in [2.24, 2.45) is 5.92 Å². The highest BCUT2D eigenvalue weighted by Crippen LogP contribution is 2.30. The van der Waals surface area contributed by atoms with Gasteiger partial charge in [0.2, 0.25) is 0 Å². The molecule has 0 aliphatic rings. The van der Waals surface area contributed by atoms with Gasteiger partial charge in [-0.15, -0.1) is 10.2 Å². The molecular weight excluding hydrogens is 362 g/mol. The number of hydrogen-bond donors (Lipinski definition) is 1. The molecule has 2 aromatic heterocycles. The minimum absolute atomic E-state index is 0.0315. The molecule has 8 heteroatoms. The third kappa shape index (κ3) is 3.83. The Morgan fingerprint density at radius 1 is 1.33 bits per heavy atom. The Kier molecular flexibility index (Phi) is 5.52. The maximum Gasteiger partial charge on any atom is 0.196 e. The van der Waals surface area contributed by atoms with Crippen molar-refractivity contribution in [1.82, 2.24) is 14.8 Å². The first-order valence-corrected chi connectivity index (χ1v) is 9.17. The summed E-state index contributed by atoms with van der Waals surface area (Å²) < 4.78 is 7.24. The largest absolute Gasteiger partial charge is 0.469 e. The summed E-state index contributed by atoms with van der Waals surface area (Å²) in [5.41, 5.74) is 1.71. The molecule has 0 unspecified atom stereocenters. The van der Waals surface area contributed by atoms with Gasteiger partial charge >= 0.3 is 0 Å². The van der Waals surface area contributed by atoms with Crippen LogP contribution in [0.2, 0.25) is 0 Å². The molecule has 0 spiro atoms. The van der Waals surface area contributed by atoms with Crippen molar-refractivity contribution in [1.29, 1.82) is 10.7 Å². The lowest BCUT2D eigenvalue weighted by atomic mass is 10.0. The quantitative estimate of drug-likeness (QED) is 0.495. The molecule has 0 aliphatic carbocycles. The zero-order valence-electron chi connectivity index (χ0n) is 14.8. The number of nitriles is 1. The fourth-order valence-corrected chi connectivity index (χ4v) is 3.45. The van der Waals surface area contributed by atoms with E-state index in [0.29, 0.717) is 11.0 Å². The summed E-state index contributed by atoms with van der Waals surface area (Å²) in [7, 11) is 0. The lowest BCUT2D eigenvalue weighted by Gasteiger charge is -2.10. The number of carbonyl (C=O) groups excluding carboxylic acids is 1. The first-order chi connectivity index (χ1) is 13.0. The summed E-state index contributed by atoms with van der Waals surface area (Å²) in [5.74, 6) is 0.0162. The molecule has 136 valence electrons. The molecule has 1 N–H and O–H groups in total. The number of aryl methyl sites for hydroxylation is 1. The Bertz CT molecular complexity index is 1020. The summed E-state index contributed by atoms with van der Waals surface area (Å²) in [6.07, 6.45) is 1.59. The summed E-state index contributed by atoms with van der Waals surface area (Å²) in [6.45, 7) is 3.31. The van der Waals surface area contributed by atoms with Crippen LogP contribution in [0.5, 0.6) is 0 Å². The molecule has 3 aromatic rings. The second-order valence-corrected chi connectivity index (χ2v) is 6.81. The summed E-state index contributed by atoms with van der Waals surface area (Å²) in [4.78, 5) is 12.3. The number of carbonyl (C=O) groups is 1. The fourth-order valence-electron chi connectivity index (χ4n) is 2.59. The van der Waals surface area contributed by atoms with Gasteiger partial charge in [0, 0.05) is 11.4 Å². The van der Waals surface area contributed by atoms with Crippen molar-refractivity contribution in [3.63, 3.8) is 0 Å². The highest BCUT2D eigenvalue weighted by molar-refractivity contribution is 7.99. The van der Waals surface area contributed by atoms with Gasteiger partial charge in [0.15, 0.2) is 16.8 Å². The first-order valence-electron chi connectivity index (χ1n) is 8.18. The highest BCUT2D eigenvalue weighted by atomic mass is 32.2. The number of furan rings is 1. The molecule has 0 saturated carbocycles. The van der Waals surface area contributed by atoms with E-state index in [-0.39, 0.29) is 17.2 Å². The van der Waals surface area contributed by atoms with Crippen molar-refractivity contribution in [3.05, 3.63) is 48.4 Å². The predicted molar refractivity (Wildman–Crippen MR) is 102 cm³/mol. The van der Waals surface area contributed by atoms with Crippen molar-refractivity contribution in [2.45, 2.75) is 19.0 Å². The van der Waals surface area contributed by atoms with Gasteiger partial charge in [0.05, 0.1) is 23.6 Å². The van der Waals surface area contributed by atoms with Crippen LogP contribution in [0.4, 0.5) is 0 Å². The van der Waals surface area contributed by atoms with Gasteiger partial charge in [-0.3, -0.25) is 9.36 Å². The Morgan fingerprint density at radius 3 is 2.67 bits per heavy atom. The minimum atomic E-state index is -1.03. The van der Waals surface area contributed by atoms with Gasteiger partial charge in [0.1, 0.15) is 11.7 Å². The third-order valence-corrected chi connectivity index (χ3v) is 4.93. The minimum Gasteiger partial charge on any atom is -0.469 e. The van der Waals surface area contributed by atoms with E-state index in [1.54, 1.807) is 6.26 Å². The molecule has 3 rings (SSSR count). The van der Waals surface area contributed by atoms with E-state index in [1.165, 1.54) is 18.7 Å². The maximum atomic E-state index is 12.3. The topological polar surface area (TPSA) is 109 Å². The maximum absolute atomic E-state index is 12.3. The molecule has 27 heavy (non-hydrogen) atoms.